The molecular weight excluding hydrogens is 450 g/mol. The first-order chi connectivity index (χ1) is 14.8. The maximum absolute atomic E-state index is 12.9. The van der Waals surface area contributed by atoms with Crippen molar-refractivity contribution >= 4 is 38.6 Å². The fourth-order valence-electron chi connectivity index (χ4n) is 3.91. The van der Waals surface area contributed by atoms with E-state index in [1.807, 2.05) is 59.0 Å². The Balaban J connectivity index is 1.44. The van der Waals surface area contributed by atoms with E-state index >= 15 is 0 Å². The van der Waals surface area contributed by atoms with Crippen LogP contribution in [0.25, 0.3) is 9.88 Å². The smallest absolute Gasteiger partial charge is 0.254 e. The van der Waals surface area contributed by atoms with E-state index in [0.717, 1.165) is 21.1 Å². The highest BCUT2D eigenvalue weighted by Crippen LogP contribution is 2.29. The van der Waals surface area contributed by atoms with E-state index in [9.17, 15) is 13.2 Å². The van der Waals surface area contributed by atoms with E-state index in [0.29, 0.717) is 31.5 Å². The maximum Gasteiger partial charge on any atom is 0.254 e. The van der Waals surface area contributed by atoms with Crippen LogP contribution >= 0.6 is 22.7 Å². The summed E-state index contributed by atoms with van der Waals surface area (Å²) in [7, 11) is -3.41. The fourth-order valence-corrected chi connectivity index (χ4v) is 6.65. The molecule has 1 aliphatic heterocycles. The van der Waals surface area contributed by atoms with Crippen LogP contribution in [0.5, 0.6) is 0 Å². The minimum atomic E-state index is -3.41. The molecule has 0 radical (unpaired) electrons. The maximum atomic E-state index is 12.9. The van der Waals surface area contributed by atoms with Crippen LogP contribution in [0.2, 0.25) is 0 Å². The number of carbonyl (C=O) groups is 1. The van der Waals surface area contributed by atoms with Gasteiger partial charge in [-0.3, -0.25) is 4.79 Å². The number of sulfonamides is 1. The van der Waals surface area contributed by atoms with Crippen molar-refractivity contribution in [1.82, 2.24) is 14.2 Å². The Morgan fingerprint density at radius 1 is 1.16 bits per heavy atom. The van der Waals surface area contributed by atoms with E-state index in [4.69, 9.17) is 0 Å². The lowest BCUT2D eigenvalue weighted by molar-refractivity contribution is 0.0675. The zero-order chi connectivity index (χ0) is 22.0. The molecule has 0 bridgehead atoms. The quantitative estimate of drug-likeness (QED) is 0.535. The average molecular weight is 476 g/mol. The number of hydrogen-bond acceptors (Lipinski definition) is 6. The van der Waals surface area contributed by atoms with Crippen molar-refractivity contribution in [3.05, 3.63) is 64.0 Å². The summed E-state index contributed by atoms with van der Waals surface area (Å²) in [5.41, 5.74) is 2.43. The molecule has 31 heavy (non-hydrogen) atoms. The Hall–Kier alpha value is -2.07. The van der Waals surface area contributed by atoms with Gasteiger partial charge in [-0.15, -0.1) is 22.7 Å². The lowest BCUT2D eigenvalue weighted by Crippen LogP contribution is -2.48. The summed E-state index contributed by atoms with van der Waals surface area (Å²) >= 11 is 3.16. The van der Waals surface area contributed by atoms with Crippen LogP contribution in [0, 0.1) is 6.92 Å². The standard InChI is InChI=1S/C22H25N3O3S3/c1-16-6-3-4-7-19(16)22(26)24-11-9-18(10-12-24)25(31(2,27)28)14-17-15-30-21(23-17)20-8-5-13-29-20/h3-8,13,15,18H,9-12,14H2,1-2H3. The molecule has 0 saturated carbocycles. The third-order valence-electron chi connectivity index (χ3n) is 5.56. The van der Waals surface area contributed by atoms with Crippen molar-refractivity contribution in [2.75, 3.05) is 19.3 Å². The van der Waals surface area contributed by atoms with Gasteiger partial charge >= 0.3 is 0 Å². The highest BCUT2D eigenvalue weighted by molar-refractivity contribution is 7.88. The molecule has 9 heteroatoms. The topological polar surface area (TPSA) is 70.6 Å². The van der Waals surface area contributed by atoms with Gasteiger partial charge in [0.15, 0.2) is 0 Å². The molecule has 4 rings (SSSR count). The van der Waals surface area contributed by atoms with Gasteiger partial charge in [-0.05, 0) is 42.8 Å². The molecule has 6 nitrogen and oxygen atoms in total. The number of rotatable bonds is 6. The molecular formula is C22H25N3O3S3. The first-order valence-electron chi connectivity index (χ1n) is 10.1. The summed E-state index contributed by atoms with van der Waals surface area (Å²) in [6.07, 6.45) is 2.49. The van der Waals surface area contributed by atoms with Crippen molar-refractivity contribution in [2.45, 2.75) is 32.4 Å². The number of carbonyl (C=O) groups excluding carboxylic acids is 1. The Bertz CT molecular complexity index is 1150. The predicted octanol–water partition coefficient (Wildman–Crippen LogP) is 4.25. The number of piperidine rings is 1. The summed E-state index contributed by atoms with van der Waals surface area (Å²) in [6, 6.07) is 11.4. The number of nitrogens with zero attached hydrogens (tertiary/aromatic N) is 3. The van der Waals surface area contributed by atoms with Gasteiger partial charge in [-0.2, -0.15) is 4.31 Å². The summed E-state index contributed by atoms with van der Waals surface area (Å²) < 4.78 is 26.7. The summed E-state index contributed by atoms with van der Waals surface area (Å²) in [4.78, 5) is 20.5. The van der Waals surface area contributed by atoms with Gasteiger partial charge in [-0.25, -0.2) is 13.4 Å². The van der Waals surface area contributed by atoms with Crippen molar-refractivity contribution in [3.8, 4) is 9.88 Å². The highest BCUT2D eigenvalue weighted by Gasteiger charge is 2.32. The summed E-state index contributed by atoms with van der Waals surface area (Å²) in [5, 5.41) is 4.85. The van der Waals surface area contributed by atoms with Crippen LogP contribution in [0.15, 0.2) is 47.2 Å². The monoisotopic (exact) mass is 475 g/mol. The number of aryl methyl sites for hydroxylation is 1. The van der Waals surface area contributed by atoms with Gasteiger partial charge < -0.3 is 4.90 Å². The molecule has 0 aliphatic carbocycles. The molecule has 1 aliphatic rings. The number of thiophene rings is 1. The number of hydrogen-bond donors (Lipinski definition) is 0. The van der Waals surface area contributed by atoms with Gasteiger partial charge in [-0.1, -0.05) is 24.3 Å². The normalized spacial score (nSPS) is 15.5. The number of benzene rings is 1. The third kappa shape index (κ3) is 5.06. The van der Waals surface area contributed by atoms with Crippen LogP contribution < -0.4 is 0 Å². The van der Waals surface area contributed by atoms with Gasteiger partial charge in [0.25, 0.3) is 5.91 Å². The molecule has 164 valence electrons. The van der Waals surface area contributed by atoms with Gasteiger partial charge in [0.1, 0.15) is 5.01 Å². The third-order valence-corrected chi connectivity index (χ3v) is 8.77. The zero-order valence-electron chi connectivity index (χ0n) is 17.5. The molecule has 1 saturated heterocycles. The molecule has 1 aromatic carbocycles. The van der Waals surface area contributed by atoms with Crippen molar-refractivity contribution in [2.24, 2.45) is 0 Å². The van der Waals surface area contributed by atoms with E-state index < -0.39 is 10.0 Å². The Morgan fingerprint density at radius 2 is 1.90 bits per heavy atom. The molecule has 0 atom stereocenters. The van der Waals surface area contributed by atoms with Crippen molar-refractivity contribution in [1.29, 1.82) is 0 Å². The molecule has 2 aromatic heterocycles. The fraction of sp³-hybridized carbons (Fsp3) is 0.364. The number of amides is 1. The minimum absolute atomic E-state index is 0.0162. The molecule has 3 aromatic rings. The van der Waals surface area contributed by atoms with Gasteiger partial charge in [0.05, 0.1) is 23.4 Å². The predicted molar refractivity (Wildman–Crippen MR) is 126 cm³/mol. The molecule has 3 heterocycles. The van der Waals surface area contributed by atoms with Crippen molar-refractivity contribution in [3.63, 3.8) is 0 Å². The number of likely N-dealkylation sites (tertiary alicyclic amines) is 1. The lowest BCUT2D eigenvalue weighted by Gasteiger charge is -2.37. The Kier molecular flexibility index (Phi) is 6.57. The molecule has 0 spiro atoms. The molecule has 0 N–H and O–H groups in total. The van der Waals surface area contributed by atoms with Crippen LogP contribution in [0.1, 0.15) is 34.5 Å². The highest BCUT2D eigenvalue weighted by atomic mass is 32.2. The van der Waals surface area contributed by atoms with E-state index in [-0.39, 0.29) is 18.5 Å². The molecule has 1 fully saturated rings. The molecule has 0 unspecified atom stereocenters. The average Bonchev–Trinajstić information content (AvgIpc) is 3.43. The summed E-state index contributed by atoms with van der Waals surface area (Å²) in [6.45, 7) is 3.28. The lowest BCUT2D eigenvalue weighted by atomic mass is 10.0. The number of thiazole rings is 1. The van der Waals surface area contributed by atoms with Crippen LogP contribution in [0.3, 0.4) is 0 Å². The van der Waals surface area contributed by atoms with Gasteiger partial charge in [0.2, 0.25) is 10.0 Å². The van der Waals surface area contributed by atoms with Crippen LogP contribution in [0.4, 0.5) is 0 Å². The van der Waals surface area contributed by atoms with Gasteiger partial charge in [0, 0.05) is 30.1 Å². The second kappa shape index (κ2) is 9.20. The minimum Gasteiger partial charge on any atom is -0.339 e. The van der Waals surface area contributed by atoms with Crippen LogP contribution in [-0.4, -0.2) is 53.9 Å². The Morgan fingerprint density at radius 3 is 2.55 bits per heavy atom. The van der Waals surface area contributed by atoms with E-state index in [2.05, 4.69) is 4.98 Å². The van der Waals surface area contributed by atoms with E-state index in [1.165, 1.54) is 17.6 Å². The van der Waals surface area contributed by atoms with Crippen molar-refractivity contribution < 1.29 is 13.2 Å². The largest absolute Gasteiger partial charge is 0.339 e. The van der Waals surface area contributed by atoms with Crippen LogP contribution in [-0.2, 0) is 16.6 Å². The summed E-state index contributed by atoms with van der Waals surface area (Å²) in [5.74, 6) is 0.0162. The second-order valence-corrected chi connectivity index (χ2v) is 11.5. The zero-order valence-corrected chi connectivity index (χ0v) is 20.0. The van der Waals surface area contributed by atoms with E-state index in [1.54, 1.807) is 15.6 Å². The molecule has 1 amide bonds. The Labute approximate surface area is 191 Å². The number of aromatic nitrogens is 1. The SMILES string of the molecule is Cc1ccccc1C(=O)N1CCC(N(Cc2csc(-c3cccs3)n2)S(C)(=O)=O)CC1. The first kappa shape index (κ1) is 22.1. The second-order valence-electron chi connectivity index (χ2n) is 7.77. The first-order valence-corrected chi connectivity index (χ1v) is 13.7.